The summed E-state index contributed by atoms with van der Waals surface area (Å²) in [7, 11) is 0. The Bertz CT molecular complexity index is 458. The molecule has 0 unspecified atom stereocenters. The summed E-state index contributed by atoms with van der Waals surface area (Å²) in [5, 5.41) is 5.59. The van der Waals surface area contributed by atoms with E-state index in [9.17, 15) is 9.59 Å². The molecule has 0 aliphatic heterocycles. The smallest absolute Gasteiger partial charge is 0.246 e. The van der Waals surface area contributed by atoms with Gasteiger partial charge in [-0.25, -0.2) is 0 Å². The van der Waals surface area contributed by atoms with Crippen LogP contribution in [0.3, 0.4) is 0 Å². The zero-order valence-electron chi connectivity index (χ0n) is 12.2. The highest BCUT2D eigenvalue weighted by Crippen LogP contribution is 2.11. The minimum atomic E-state index is -0.150. The number of carbonyl (C=O) groups is 2. The molecular formula is C15H22N2O3. The minimum absolute atomic E-state index is 0.0254. The fourth-order valence-corrected chi connectivity index (χ4v) is 1.49. The van der Waals surface area contributed by atoms with Crippen molar-refractivity contribution in [1.29, 1.82) is 0 Å². The van der Waals surface area contributed by atoms with Gasteiger partial charge in [-0.15, -0.1) is 0 Å². The van der Waals surface area contributed by atoms with Crippen LogP contribution in [0.4, 0.5) is 5.69 Å². The summed E-state index contributed by atoms with van der Waals surface area (Å²) < 4.78 is 5.02. The first-order valence-corrected chi connectivity index (χ1v) is 6.77. The summed E-state index contributed by atoms with van der Waals surface area (Å²) in [5.41, 5.74) is 1.66. The zero-order valence-corrected chi connectivity index (χ0v) is 12.2. The van der Waals surface area contributed by atoms with Crippen molar-refractivity contribution in [3.63, 3.8) is 0 Å². The van der Waals surface area contributed by atoms with Gasteiger partial charge in [-0.2, -0.15) is 0 Å². The van der Waals surface area contributed by atoms with Crippen LogP contribution in [0, 0.1) is 5.92 Å². The fraction of sp³-hybridized carbons (Fsp3) is 0.467. The quantitative estimate of drug-likeness (QED) is 0.801. The number of carbonyl (C=O) groups excluding carboxylic acids is 2. The number of ether oxygens (including phenoxy) is 1. The molecule has 0 saturated heterocycles. The number of benzene rings is 1. The van der Waals surface area contributed by atoms with Gasteiger partial charge in [0.05, 0.1) is 0 Å². The number of hydrogen-bond donors (Lipinski definition) is 2. The third-order valence-electron chi connectivity index (χ3n) is 2.65. The van der Waals surface area contributed by atoms with Crippen molar-refractivity contribution in [3.05, 3.63) is 29.8 Å². The van der Waals surface area contributed by atoms with Gasteiger partial charge in [0.15, 0.2) is 0 Å². The summed E-state index contributed by atoms with van der Waals surface area (Å²) in [5.74, 6) is -0.240. The molecule has 0 atom stereocenters. The first-order valence-electron chi connectivity index (χ1n) is 6.77. The molecule has 0 fully saturated rings. The normalized spacial score (nSPS) is 10.4. The molecule has 0 radical (unpaired) electrons. The Morgan fingerprint density at radius 2 is 2.05 bits per heavy atom. The molecule has 0 spiro atoms. The van der Waals surface area contributed by atoms with E-state index in [-0.39, 0.29) is 24.3 Å². The molecule has 5 nitrogen and oxygen atoms in total. The van der Waals surface area contributed by atoms with Crippen LogP contribution in [-0.4, -0.2) is 25.0 Å². The van der Waals surface area contributed by atoms with E-state index in [4.69, 9.17) is 4.74 Å². The lowest BCUT2D eigenvalue weighted by molar-refractivity contribution is -0.125. The second kappa shape index (κ2) is 8.32. The van der Waals surface area contributed by atoms with Crippen LogP contribution in [-0.2, 0) is 20.9 Å². The zero-order chi connectivity index (χ0) is 15.0. The van der Waals surface area contributed by atoms with Gasteiger partial charge >= 0.3 is 0 Å². The number of anilines is 1. The molecule has 110 valence electrons. The van der Waals surface area contributed by atoms with E-state index in [1.807, 2.05) is 45.0 Å². The maximum atomic E-state index is 11.6. The van der Waals surface area contributed by atoms with Crippen LogP contribution < -0.4 is 10.6 Å². The van der Waals surface area contributed by atoms with E-state index in [0.717, 1.165) is 11.3 Å². The molecule has 0 saturated carbocycles. The fourth-order valence-electron chi connectivity index (χ4n) is 1.49. The highest BCUT2D eigenvalue weighted by molar-refractivity contribution is 5.92. The van der Waals surface area contributed by atoms with Crippen molar-refractivity contribution in [3.8, 4) is 0 Å². The highest BCUT2D eigenvalue weighted by Gasteiger charge is 2.07. The molecule has 1 aromatic carbocycles. The largest absolute Gasteiger partial charge is 0.372 e. The number of hydrogen-bond acceptors (Lipinski definition) is 3. The first-order chi connectivity index (χ1) is 9.52. The second-order valence-corrected chi connectivity index (χ2v) is 4.76. The predicted molar refractivity (Wildman–Crippen MR) is 78.2 cm³/mol. The lowest BCUT2D eigenvalue weighted by atomic mass is 10.1. The molecular weight excluding hydrogens is 256 g/mol. The number of rotatable bonds is 7. The summed E-state index contributed by atoms with van der Waals surface area (Å²) in [6.07, 6.45) is 0. The Morgan fingerprint density at radius 1 is 1.30 bits per heavy atom. The Kier molecular flexibility index (Phi) is 6.73. The van der Waals surface area contributed by atoms with E-state index in [0.29, 0.717) is 13.2 Å². The van der Waals surface area contributed by atoms with Gasteiger partial charge in [-0.1, -0.05) is 26.0 Å². The van der Waals surface area contributed by atoms with Gasteiger partial charge in [0.1, 0.15) is 6.61 Å². The molecule has 0 aromatic heterocycles. The average molecular weight is 278 g/mol. The lowest BCUT2D eigenvalue weighted by Crippen LogP contribution is -2.27. The van der Waals surface area contributed by atoms with Crippen LogP contribution in [0.2, 0.25) is 0 Å². The van der Waals surface area contributed by atoms with Crippen LogP contribution >= 0.6 is 0 Å². The lowest BCUT2D eigenvalue weighted by Gasteiger charge is -2.10. The summed E-state index contributed by atoms with van der Waals surface area (Å²) in [6.45, 7) is 6.52. The molecule has 0 aliphatic rings. The minimum Gasteiger partial charge on any atom is -0.372 e. The average Bonchev–Trinajstić information content (AvgIpc) is 2.43. The predicted octanol–water partition coefficient (Wildman–Crippen LogP) is 1.93. The van der Waals surface area contributed by atoms with E-state index in [1.54, 1.807) is 0 Å². The monoisotopic (exact) mass is 278 g/mol. The maximum Gasteiger partial charge on any atom is 0.246 e. The van der Waals surface area contributed by atoms with Gasteiger partial charge in [0.25, 0.3) is 0 Å². The maximum absolute atomic E-state index is 11.6. The molecule has 20 heavy (non-hydrogen) atoms. The molecule has 2 N–H and O–H groups in total. The van der Waals surface area contributed by atoms with Crippen LogP contribution in [0.1, 0.15) is 26.3 Å². The van der Waals surface area contributed by atoms with Crippen molar-refractivity contribution < 1.29 is 14.3 Å². The van der Waals surface area contributed by atoms with Crippen molar-refractivity contribution in [2.24, 2.45) is 5.92 Å². The van der Waals surface area contributed by atoms with E-state index in [2.05, 4.69) is 10.6 Å². The van der Waals surface area contributed by atoms with Crippen molar-refractivity contribution in [2.75, 3.05) is 18.5 Å². The van der Waals surface area contributed by atoms with Crippen LogP contribution in [0.5, 0.6) is 0 Å². The first kappa shape index (κ1) is 16.2. The van der Waals surface area contributed by atoms with Crippen molar-refractivity contribution >= 4 is 17.5 Å². The van der Waals surface area contributed by atoms with E-state index in [1.165, 1.54) is 0 Å². The molecule has 0 bridgehead atoms. The summed E-state index contributed by atoms with van der Waals surface area (Å²) in [4.78, 5) is 23.0. The molecule has 5 heteroatoms. The topological polar surface area (TPSA) is 67.4 Å². The molecule has 1 rings (SSSR count). The Labute approximate surface area is 119 Å². The molecule has 1 aromatic rings. The third kappa shape index (κ3) is 5.84. The Balaban J connectivity index is 2.51. The highest BCUT2D eigenvalue weighted by atomic mass is 16.5. The SMILES string of the molecule is CCOCC(=O)NCc1cccc(NC(=O)C(C)C)c1. The Morgan fingerprint density at radius 3 is 2.70 bits per heavy atom. The molecule has 2 amide bonds. The van der Waals surface area contributed by atoms with Crippen LogP contribution in [0.15, 0.2) is 24.3 Å². The summed E-state index contributed by atoms with van der Waals surface area (Å²) >= 11 is 0. The van der Waals surface area contributed by atoms with Gasteiger partial charge in [-0.05, 0) is 24.6 Å². The summed E-state index contributed by atoms with van der Waals surface area (Å²) in [6, 6.07) is 7.42. The van der Waals surface area contributed by atoms with Gasteiger partial charge in [0, 0.05) is 24.8 Å². The number of nitrogens with one attached hydrogen (secondary N) is 2. The standard InChI is InChI=1S/C15H22N2O3/c1-4-20-10-14(18)16-9-12-6-5-7-13(8-12)17-15(19)11(2)3/h5-8,11H,4,9-10H2,1-3H3,(H,16,18)(H,17,19). The van der Waals surface area contributed by atoms with Gasteiger partial charge in [-0.3, -0.25) is 9.59 Å². The van der Waals surface area contributed by atoms with Crippen LogP contribution in [0.25, 0.3) is 0 Å². The third-order valence-corrected chi connectivity index (χ3v) is 2.65. The van der Waals surface area contributed by atoms with Gasteiger partial charge in [0.2, 0.25) is 11.8 Å². The molecule has 0 heterocycles. The number of amides is 2. The van der Waals surface area contributed by atoms with E-state index < -0.39 is 0 Å². The van der Waals surface area contributed by atoms with Crippen molar-refractivity contribution in [1.82, 2.24) is 5.32 Å². The Hall–Kier alpha value is -1.88. The second-order valence-electron chi connectivity index (χ2n) is 4.76. The molecule has 0 aliphatic carbocycles. The van der Waals surface area contributed by atoms with Gasteiger partial charge < -0.3 is 15.4 Å². The van der Waals surface area contributed by atoms with E-state index >= 15 is 0 Å². The van der Waals surface area contributed by atoms with Crippen molar-refractivity contribution in [2.45, 2.75) is 27.3 Å².